The molecule has 116 valence electrons. The number of rotatable bonds is 3. The summed E-state index contributed by atoms with van der Waals surface area (Å²) in [4.78, 5) is 11.8. The van der Waals surface area contributed by atoms with Gasteiger partial charge in [-0.1, -0.05) is 0 Å². The molecule has 0 aliphatic carbocycles. The van der Waals surface area contributed by atoms with E-state index in [0.29, 0.717) is 6.07 Å². The van der Waals surface area contributed by atoms with Gasteiger partial charge in [-0.3, -0.25) is 4.79 Å². The van der Waals surface area contributed by atoms with Crippen molar-refractivity contribution in [3.63, 3.8) is 0 Å². The lowest BCUT2D eigenvalue weighted by molar-refractivity contribution is -0.274. The molecule has 0 radical (unpaired) electrons. The molecule has 0 bridgehead atoms. The molecule has 8 heteroatoms. The minimum absolute atomic E-state index is 0.0155. The zero-order valence-corrected chi connectivity index (χ0v) is 10.7. The van der Waals surface area contributed by atoms with Crippen molar-refractivity contribution in [2.45, 2.75) is 6.36 Å². The van der Waals surface area contributed by atoms with Crippen LogP contribution in [0.4, 0.5) is 27.6 Å². The van der Waals surface area contributed by atoms with E-state index in [1.165, 1.54) is 0 Å². The Labute approximate surface area is 121 Å². The maximum absolute atomic E-state index is 13.4. The molecular formula is C14H8F5NO2. The third-order valence-corrected chi connectivity index (χ3v) is 2.53. The second-order valence-corrected chi connectivity index (χ2v) is 4.15. The van der Waals surface area contributed by atoms with Gasteiger partial charge in [-0.2, -0.15) is 0 Å². The molecule has 0 saturated carbocycles. The number of halogens is 5. The summed E-state index contributed by atoms with van der Waals surface area (Å²) >= 11 is 0. The van der Waals surface area contributed by atoms with Gasteiger partial charge in [0.1, 0.15) is 17.4 Å². The van der Waals surface area contributed by atoms with Crippen LogP contribution in [0.1, 0.15) is 10.4 Å². The highest BCUT2D eigenvalue weighted by atomic mass is 19.4. The third kappa shape index (κ3) is 4.18. The number of anilines is 1. The van der Waals surface area contributed by atoms with Crippen molar-refractivity contribution >= 4 is 11.6 Å². The number of benzene rings is 2. The lowest BCUT2D eigenvalue weighted by Gasteiger charge is -2.10. The van der Waals surface area contributed by atoms with Crippen molar-refractivity contribution in [1.82, 2.24) is 0 Å². The van der Waals surface area contributed by atoms with E-state index in [1.807, 2.05) is 0 Å². The summed E-state index contributed by atoms with van der Waals surface area (Å²) in [5.74, 6) is -3.02. The van der Waals surface area contributed by atoms with Gasteiger partial charge in [0.05, 0.1) is 5.69 Å². The Morgan fingerprint density at radius 2 is 1.64 bits per heavy atom. The van der Waals surface area contributed by atoms with E-state index in [9.17, 15) is 26.7 Å². The van der Waals surface area contributed by atoms with Crippen molar-refractivity contribution in [3.8, 4) is 5.75 Å². The van der Waals surface area contributed by atoms with E-state index < -0.39 is 29.7 Å². The molecule has 0 atom stereocenters. The average Bonchev–Trinajstić information content (AvgIpc) is 2.41. The van der Waals surface area contributed by atoms with Crippen LogP contribution >= 0.6 is 0 Å². The molecule has 0 aliphatic heterocycles. The number of carbonyl (C=O) groups is 1. The third-order valence-electron chi connectivity index (χ3n) is 2.53. The standard InChI is InChI=1S/C14H8F5NO2/c15-9-3-6-12(11(16)7-9)20-13(21)8-1-4-10(5-2-8)22-14(17,18)19/h1-7H,(H,20,21). The van der Waals surface area contributed by atoms with Crippen LogP contribution in [-0.4, -0.2) is 12.3 Å². The highest BCUT2D eigenvalue weighted by Crippen LogP contribution is 2.23. The van der Waals surface area contributed by atoms with Gasteiger partial charge in [0.25, 0.3) is 5.91 Å². The molecule has 1 N–H and O–H groups in total. The summed E-state index contributed by atoms with van der Waals surface area (Å²) in [6.07, 6.45) is -4.83. The molecule has 0 unspecified atom stereocenters. The molecule has 2 rings (SSSR count). The summed E-state index contributed by atoms with van der Waals surface area (Å²) in [6.45, 7) is 0. The first kappa shape index (κ1) is 15.7. The predicted molar refractivity (Wildman–Crippen MR) is 67.4 cm³/mol. The van der Waals surface area contributed by atoms with Crippen molar-refractivity contribution in [2.75, 3.05) is 5.32 Å². The highest BCUT2D eigenvalue weighted by molar-refractivity contribution is 6.04. The highest BCUT2D eigenvalue weighted by Gasteiger charge is 2.31. The molecule has 0 spiro atoms. The molecule has 2 aromatic carbocycles. The predicted octanol–water partition coefficient (Wildman–Crippen LogP) is 4.12. The monoisotopic (exact) mass is 317 g/mol. The van der Waals surface area contributed by atoms with E-state index in [-0.39, 0.29) is 11.3 Å². The van der Waals surface area contributed by atoms with Crippen LogP contribution in [0.15, 0.2) is 42.5 Å². The summed E-state index contributed by atoms with van der Waals surface area (Å²) in [5.41, 5.74) is -0.264. The van der Waals surface area contributed by atoms with Gasteiger partial charge in [-0.25, -0.2) is 8.78 Å². The Hall–Kier alpha value is -2.64. The Bertz CT molecular complexity index is 683. The first-order valence-electron chi connectivity index (χ1n) is 5.87. The van der Waals surface area contributed by atoms with E-state index in [1.54, 1.807) is 0 Å². The van der Waals surface area contributed by atoms with Gasteiger partial charge in [0.2, 0.25) is 0 Å². The fraction of sp³-hybridized carbons (Fsp3) is 0.0714. The van der Waals surface area contributed by atoms with Gasteiger partial charge in [-0.05, 0) is 36.4 Å². The van der Waals surface area contributed by atoms with Crippen LogP contribution in [0.5, 0.6) is 5.75 Å². The van der Waals surface area contributed by atoms with Crippen molar-refractivity contribution in [1.29, 1.82) is 0 Å². The van der Waals surface area contributed by atoms with E-state index in [2.05, 4.69) is 10.1 Å². The van der Waals surface area contributed by atoms with Crippen LogP contribution < -0.4 is 10.1 Å². The van der Waals surface area contributed by atoms with Gasteiger partial charge in [0.15, 0.2) is 0 Å². The van der Waals surface area contributed by atoms with Gasteiger partial charge in [-0.15, -0.1) is 13.2 Å². The number of carbonyl (C=O) groups excluding carboxylic acids is 1. The number of nitrogens with one attached hydrogen (secondary N) is 1. The van der Waals surface area contributed by atoms with Crippen LogP contribution in [0.2, 0.25) is 0 Å². The molecule has 0 heterocycles. The van der Waals surface area contributed by atoms with Crippen molar-refractivity contribution < 1.29 is 31.5 Å². The number of hydrogen-bond donors (Lipinski definition) is 1. The zero-order chi connectivity index (χ0) is 16.3. The van der Waals surface area contributed by atoms with Gasteiger partial charge < -0.3 is 10.1 Å². The second-order valence-electron chi connectivity index (χ2n) is 4.15. The lowest BCUT2D eigenvalue weighted by Crippen LogP contribution is -2.17. The summed E-state index contributed by atoms with van der Waals surface area (Å²) < 4.78 is 65.7. The molecule has 22 heavy (non-hydrogen) atoms. The first-order chi connectivity index (χ1) is 10.2. The number of hydrogen-bond acceptors (Lipinski definition) is 2. The minimum Gasteiger partial charge on any atom is -0.406 e. The largest absolute Gasteiger partial charge is 0.573 e. The lowest BCUT2D eigenvalue weighted by atomic mass is 10.2. The fourth-order valence-electron chi connectivity index (χ4n) is 1.59. The summed E-state index contributed by atoms with van der Waals surface area (Å²) in [7, 11) is 0. The maximum Gasteiger partial charge on any atom is 0.573 e. The summed E-state index contributed by atoms with van der Waals surface area (Å²) in [6, 6.07) is 6.64. The summed E-state index contributed by atoms with van der Waals surface area (Å²) in [5, 5.41) is 2.18. The smallest absolute Gasteiger partial charge is 0.406 e. The Kier molecular flexibility index (Phi) is 4.30. The maximum atomic E-state index is 13.4. The van der Waals surface area contributed by atoms with Crippen LogP contribution in [0.3, 0.4) is 0 Å². The topological polar surface area (TPSA) is 38.3 Å². The van der Waals surface area contributed by atoms with E-state index in [4.69, 9.17) is 0 Å². The molecule has 1 amide bonds. The van der Waals surface area contributed by atoms with Gasteiger partial charge >= 0.3 is 6.36 Å². The number of ether oxygens (including phenoxy) is 1. The molecule has 2 aromatic rings. The van der Waals surface area contributed by atoms with E-state index >= 15 is 0 Å². The Morgan fingerprint density at radius 1 is 1.00 bits per heavy atom. The Morgan fingerprint density at radius 3 is 2.18 bits per heavy atom. The normalized spacial score (nSPS) is 11.1. The average molecular weight is 317 g/mol. The minimum atomic E-state index is -4.83. The molecule has 0 aromatic heterocycles. The first-order valence-corrected chi connectivity index (χ1v) is 5.87. The second kappa shape index (κ2) is 6.00. The Balaban J connectivity index is 2.10. The SMILES string of the molecule is O=C(Nc1ccc(F)cc1F)c1ccc(OC(F)(F)F)cc1. The van der Waals surface area contributed by atoms with E-state index in [0.717, 1.165) is 36.4 Å². The molecule has 0 aliphatic rings. The molecular weight excluding hydrogens is 309 g/mol. The molecule has 0 fully saturated rings. The quantitative estimate of drug-likeness (QED) is 0.865. The zero-order valence-electron chi connectivity index (χ0n) is 10.7. The van der Waals surface area contributed by atoms with Crippen molar-refractivity contribution in [3.05, 3.63) is 59.7 Å². The van der Waals surface area contributed by atoms with Crippen LogP contribution in [0.25, 0.3) is 0 Å². The number of alkyl halides is 3. The van der Waals surface area contributed by atoms with Gasteiger partial charge in [0, 0.05) is 11.6 Å². The molecule has 3 nitrogen and oxygen atoms in total. The van der Waals surface area contributed by atoms with Crippen molar-refractivity contribution in [2.24, 2.45) is 0 Å². The van der Waals surface area contributed by atoms with Crippen LogP contribution in [-0.2, 0) is 0 Å². The van der Waals surface area contributed by atoms with Crippen LogP contribution in [0, 0.1) is 11.6 Å². The fourth-order valence-corrected chi connectivity index (χ4v) is 1.59. The molecule has 0 saturated heterocycles. The number of amides is 1.